The number of hydrogen-bond donors (Lipinski definition) is 1. The van der Waals surface area contributed by atoms with E-state index in [9.17, 15) is 13.2 Å². The highest BCUT2D eigenvalue weighted by molar-refractivity contribution is 7.89. The number of aromatic nitrogens is 2. The molecule has 1 aliphatic heterocycles. The Labute approximate surface area is 192 Å². The van der Waals surface area contributed by atoms with E-state index in [0.717, 1.165) is 19.3 Å². The zero-order chi connectivity index (χ0) is 23.4. The minimum Gasteiger partial charge on any atom is -0.492 e. The van der Waals surface area contributed by atoms with E-state index in [1.165, 1.54) is 10.4 Å². The van der Waals surface area contributed by atoms with Gasteiger partial charge in [-0.3, -0.25) is 4.79 Å². The van der Waals surface area contributed by atoms with Gasteiger partial charge in [0, 0.05) is 18.7 Å². The molecule has 10 heteroatoms. The molecule has 0 radical (unpaired) electrons. The van der Waals surface area contributed by atoms with Crippen LogP contribution in [0.5, 0.6) is 5.75 Å². The monoisotopic (exact) mass is 470 g/mol. The maximum atomic E-state index is 13.2. The van der Waals surface area contributed by atoms with Gasteiger partial charge in [0.2, 0.25) is 15.8 Å². The van der Waals surface area contributed by atoms with E-state index in [-0.39, 0.29) is 16.6 Å². The highest BCUT2D eigenvalue weighted by Crippen LogP contribution is 2.28. The van der Waals surface area contributed by atoms with Crippen LogP contribution in [0.15, 0.2) is 51.9 Å². The maximum Gasteiger partial charge on any atom is 0.316 e. The highest BCUT2D eigenvalue weighted by atomic mass is 32.2. The number of hydrogen-bond acceptors (Lipinski definition) is 7. The van der Waals surface area contributed by atoms with Crippen molar-refractivity contribution >= 4 is 21.6 Å². The van der Waals surface area contributed by atoms with Gasteiger partial charge in [-0.1, -0.05) is 35.8 Å². The lowest BCUT2D eigenvalue weighted by atomic mass is 10.1. The molecule has 2 heterocycles. The van der Waals surface area contributed by atoms with Crippen LogP contribution in [0, 0.1) is 6.92 Å². The molecule has 2 aromatic carbocycles. The van der Waals surface area contributed by atoms with Gasteiger partial charge in [-0.2, -0.15) is 9.29 Å². The number of carbonyl (C=O) groups excluding carboxylic acids is 1. The smallest absolute Gasteiger partial charge is 0.316 e. The number of rotatable bonds is 7. The lowest BCUT2D eigenvalue weighted by Gasteiger charge is -2.26. The molecule has 1 aromatic heterocycles. The summed E-state index contributed by atoms with van der Waals surface area (Å²) < 4.78 is 38.5. The van der Waals surface area contributed by atoms with Gasteiger partial charge in [0.25, 0.3) is 0 Å². The lowest BCUT2D eigenvalue weighted by molar-refractivity contribution is 0.0981. The molecule has 1 aliphatic rings. The first-order valence-corrected chi connectivity index (χ1v) is 12.3. The Morgan fingerprint density at radius 2 is 1.91 bits per heavy atom. The Kier molecular flexibility index (Phi) is 6.75. The predicted molar refractivity (Wildman–Crippen MR) is 123 cm³/mol. The van der Waals surface area contributed by atoms with E-state index in [2.05, 4.69) is 15.5 Å². The number of piperidine rings is 1. The van der Waals surface area contributed by atoms with Crippen molar-refractivity contribution in [3.8, 4) is 17.1 Å². The third-order valence-corrected chi connectivity index (χ3v) is 7.48. The van der Waals surface area contributed by atoms with Gasteiger partial charge >= 0.3 is 11.8 Å². The van der Waals surface area contributed by atoms with Crippen molar-refractivity contribution in [3.05, 3.63) is 53.9 Å². The first kappa shape index (κ1) is 22.9. The van der Waals surface area contributed by atoms with Gasteiger partial charge in [-0.25, -0.2) is 8.42 Å². The first-order chi connectivity index (χ1) is 15.9. The molecule has 33 heavy (non-hydrogen) atoms. The number of amides is 1. The van der Waals surface area contributed by atoms with Crippen molar-refractivity contribution in [3.63, 3.8) is 0 Å². The lowest BCUT2D eigenvalue weighted by Crippen LogP contribution is -2.35. The molecule has 0 spiro atoms. The van der Waals surface area contributed by atoms with Crippen LogP contribution in [0.3, 0.4) is 0 Å². The largest absolute Gasteiger partial charge is 0.492 e. The number of aryl methyl sites for hydroxylation is 1. The molecule has 9 nitrogen and oxygen atoms in total. The molecule has 1 amide bonds. The minimum absolute atomic E-state index is 0.133. The van der Waals surface area contributed by atoms with Crippen LogP contribution in [-0.2, 0) is 10.0 Å². The Morgan fingerprint density at radius 3 is 2.67 bits per heavy atom. The fourth-order valence-corrected chi connectivity index (χ4v) is 5.49. The Hall–Kier alpha value is -3.24. The molecule has 0 atom stereocenters. The van der Waals surface area contributed by atoms with Gasteiger partial charge in [-0.05, 0) is 50.5 Å². The maximum absolute atomic E-state index is 13.2. The van der Waals surface area contributed by atoms with Crippen LogP contribution in [0.2, 0.25) is 0 Å². The molecule has 1 saturated heterocycles. The fourth-order valence-electron chi connectivity index (χ4n) is 3.72. The number of nitrogens with one attached hydrogen (secondary N) is 1. The second-order valence-electron chi connectivity index (χ2n) is 7.75. The summed E-state index contributed by atoms with van der Waals surface area (Å²) in [6, 6.07) is 12.0. The molecule has 0 saturated carbocycles. The van der Waals surface area contributed by atoms with E-state index in [4.69, 9.17) is 9.26 Å². The number of sulfonamides is 1. The van der Waals surface area contributed by atoms with Gasteiger partial charge in [0.15, 0.2) is 0 Å². The summed E-state index contributed by atoms with van der Waals surface area (Å²) in [6.07, 6.45) is 2.75. The van der Waals surface area contributed by atoms with E-state index in [0.29, 0.717) is 42.3 Å². The molecule has 0 aliphatic carbocycles. The normalized spacial score (nSPS) is 14.7. The number of nitrogens with zero attached hydrogens (tertiary/aromatic N) is 3. The van der Waals surface area contributed by atoms with Crippen molar-refractivity contribution in [2.45, 2.75) is 38.0 Å². The van der Waals surface area contributed by atoms with E-state index < -0.39 is 15.9 Å². The molecule has 174 valence electrons. The van der Waals surface area contributed by atoms with Crippen molar-refractivity contribution in [2.75, 3.05) is 25.0 Å². The van der Waals surface area contributed by atoms with Crippen LogP contribution in [0.1, 0.15) is 42.4 Å². The summed E-state index contributed by atoms with van der Waals surface area (Å²) in [7, 11) is -3.63. The van der Waals surface area contributed by atoms with Crippen molar-refractivity contribution in [1.82, 2.24) is 14.4 Å². The summed E-state index contributed by atoms with van der Waals surface area (Å²) in [5.74, 6) is -0.168. The molecule has 0 unspecified atom stereocenters. The van der Waals surface area contributed by atoms with Gasteiger partial charge in [-0.15, -0.1) is 0 Å². The van der Waals surface area contributed by atoms with Crippen molar-refractivity contribution < 1.29 is 22.5 Å². The molecule has 1 fully saturated rings. The highest BCUT2D eigenvalue weighted by Gasteiger charge is 2.28. The third kappa shape index (κ3) is 4.91. The zero-order valence-electron chi connectivity index (χ0n) is 18.6. The van der Waals surface area contributed by atoms with Crippen LogP contribution in [0.4, 0.5) is 5.69 Å². The summed E-state index contributed by atoms with van der Waals surface area (Å²) in [5, 5.41) is 6.59. The van der Waals surface area contributed by atoms with Gasteiger partial charge in [0.05, 0.1) is 17.2 Å². The minimum atomic E-state index is -3.63. The molecule has 1 N–H and O–H groups in total. The Bertz CT molecular complexity index is 1250. The van der Waals surface area contributed by atoms with Crippen molar-refractivity contribution in [2.24, 2.45) is 0 Å². The molecular weight excluding hydrogens is 444 g/mol. The molecule has 0 bridgehead atoms. The number of carbonyl (C=O) groups is 1. The SMILES string of the molecule is CCOc1ccccc1NC(=O)c1nc(-c2ccc(C)c(S(=O)(=O)N3CCCCC3)c2)no1. The number of ether oxygens (including phenoxy) is 1. The number of para-hydroxylation sites is 2. The van der Waals surface area contributed by atoms with Crippen LogP contribution in [0.25, 0.3) is 11.4 Å². The van der Waals surface area contributed by atoms with Crippen LogP contribution < -0.4 is 10.1 Å². The Balaban J connectivity index is 1.58. The summed E-state index contributed by atoms with van der Waals surface area (Å²) in [5.41, 5.74) is 1.57. The average molecular weight is 471 g/mol. The quantitative estimate of drug-likeness (QED) is 0.557. The topological polar surface area (TPSA) is 115 Å². The van der Waals surface area contributed by atoms with Crippen LogP contribution in [-0.4, -0.2) is 48.5 Å². The molecule has 3 aromatic rings. The predicted octanol–water partition coefficient (Wildman–Crippen LogP) is 3.87. The Morgan fingerprint density at radius 1 is 1.15 bits per heavy atom. The van der Waals surface area contributed by atoms with Gasteiger partial charge in [0.1, 0.15) is 5.75 Å². The number of benzene rings is 2. The summed E-state index contributed by atoms with van der Waals surface area (Å²) >= 11 is 0. The van der Waals surface area contributed by atoms with Crippen LogP contribution >= 0.6 is 0 Å². The number of anilines is 1. The summed E-state index contributed by atoms with van der Waals surface area (Å²) in [6.45, 7) is 5.09. The van der Waals surface area contributed by atoms with Gasteiger partial charge < -0.3 is 14.6 Å². The zero-order valence-corrected chi connectivity index (χ0v) is 19.4. The van der Waals surface area contributed by atoms with E-state index >= 15 is 0 Å². The third-order valence-electron chi connectivity index (χ3n) is 5.43. The standard InChI is InChI=1S/C23H26N4O5S/c1-3-31-19-10-6-5-9-18(19)24-22(28)23-25-21(26-32-23)17-12-11-16(2)20(15-17)33(29,30)27-13-7-4-8-14-27/h5-6,9-12,15H,3-4,7-8,13-14H2,1-2H3,(H,24,28). The molecule has 4 rings (SSSR count). The second-order valence-corrected chi connectivity index (χ2v) is 9.66. The summed E-state index contributed by atoms with van der Waals surface area (Å²) in [4.78, 5) is 17.0. The average Bonchev–Trinajstić information content (AvgIpc) is 3.32. The first-order valence-electron chi connectivity index (χ1n) is 10.9. The second kappa shape index (κ2) is 9.72. The van der Waals surface area contributed by atoms with E-state index in [1.807, 2.05) is 6.92 Å². The molecular formula is C23H26N4O5S. The van der Waals surface area contributed by atoms with E-state index in [1.54, 1.807) is 43.3 Å². The fraction of sp³-hybridized carbons (Fsp3) is 0.348. The van der Waals surface area contributed by atoms with Crippen molar-refractivity contribution in [1.29, 1.82) is 0 Å².